The molecule has 0 bridgehead atoms. The summed E-state index contributed by atoms with van der Waals surface area (Å²) in [6, 6.07) is 22.1. The number of nitrogens with zero attached hydrogens (tertiary/aromatic N) is 1. The van der Waals surface area contributed by atoms with E-state index in [1.54, 1.807) is 7.11 Å². The molecule has 0 saturated heterocycles. The molecule has 1 unspecified atom stereocenters. The number of benzene rings is 3. The van der Waals surface area contributed by atoms with Crippen molar-refractivity contribution in [3.05, 3.63) is 83.4 Å². The maximum absolute atomic E-state index is 12.8. The first-order valence-electron chi connectivity index (χ1n) is 10.5. The minimum absolute atomic E-state index is 0.0387. The monoisotopic (exact) mass is 416 g/mol. The Hall–Kier alpha value is -3.47. The van der Waals surface area contributed by atoms with Gasteiger partial charge in [-0.05, 0) is 61.4 Å². The third-order valence-electron chi connectivity index (χ3n) is 5.57. The number of fused-ring (bicyclic) bond motifs is 1. The Kier molecular flexibility index (Phi) is 6.12. The zero-order valence-electron chi connectivity index (χ0n) is 18.2. The third-order valence-corrected chi connectivity index (χ3v) is 5.57. The van der Waals surface area contributed by atoms with E-state index in [1.807, 2.05) is 24.3 Å². The van der Waals surface area contributed by atoms with Crippen LogP contribution in [0.5, 0.6) is 11.5 Å². The van der Waals surface area contributed by atoms with Crippen LogP contribution >= 0.6 is 0 Å². The van der Waals surface area contributed by atoms with Gasteiger partial charge in [-0.25, -0.2) is 0 Å². The number of methoxy groups -OCH3 is 1. The number of aryl methyl sites for hydroxylation is 2. The highest BCUT2D eigenvalue weighted by Gasteiger charge is 2.29. The van der Waals surface area contributed by atoms with Crippen LogP contribution in [0.3, 0.4) is 0 Å². The lowest BCUT2D eigenvalue weighted by atomic mass is 10.0. The van der Waals surface area contributed by atoms with E-state index in [4.69, 9.17) is 9.47 Å². The maximum atomic E-state index is 12.8. The molecule has 0 fully saturated rings. The highest BCUT2D eigenvalue weighted by atomic mass is 16.5. The third kappa shape index (κ3) is 5.00. The molecular formula is C26H28N2O3. The number of hydrogen-bond donors (Lipinski definition) is 1. The van der Waals surface area contributed by atoms with Crippen LogP contribution in [0.1, 0.15) is 23.1 Å². The van der Waals surface area contributed by atoms with Crippen molar-refractivity contribution in [3.8, 4) is 11.5 Å². The highest BCUT2D eigenvalue weighted by molar-refractivity contribution is 5.91. The average molecular weight is 417 g/mol. The molecule has 0 spiro atoms. The molecule has 31 heavy (non-hydrogen) atoms. The van der Waals surface area contributed by atoms with Gasteiger partial charge in [-0.3, -0.25) is 4.79 Å². The van der Waals surface area contributed by atoms with Crippen LogP contribution in [0.25, 0.3) is 0 Å². The number of amides is 1. The minimum atomic E-state index is -0.0604. The number of carbonyl (C=O) groups is 1. The summed E-state index contributed by atoms with van der Waals surface area (Å²) >= 11 is 0. The van der Waals surface area contributed by atoms with Gasteiger partial charge in [0.25, 0.3) is 0 Å². The van der Waals surface area contributed by atoms with Crippen LogP contribution in [0.15, 0.2) is 66.7 Å². The number of carbonyl (C=O) groups excluding carboxylic acids is 1. The summed E-state index contributed by atoms with van der Waals surface area (Å²) < 4.78 is 11.2. The van der Waals surface area contributed by atoms with Crippen LogP contribution in [-0.4, -0.2) is 25.7 Å². The summed E-state index contributed by atoms with van der Waals surface area (Å²) in [7, 11) is 1.62. The first kappa shape index (κ1) is 20.8. The Bertz CT molecular complexity index is 1050. The first-order valence-corrected chi connectivity index (χ1v) is 10.5. The van der Waals surface area contributed by atoms with Crippen molar-refractivity contribution in [2.45, 2.75) is 32.9 Å². The van der Waals surface area contributed by atoms with Gasteiger partial charge in [0, 0.05) is 12.2 Å². The molecule has 5 heteroatoms. The van der Waals surface area contributed by atoms with Crippen molar-refractivity contribution in [3.63, 3.8) is 0 Å². The minimum Gasteiger partial charge on any atom is -0.497 e. The lowest BCUT2D eigenvalue weighted by Crippen LogP contribution is -2.44. The predicted octanol–water partition coefficient (Wildman–Crippen LogP) is 5.11. The molecule has 3 aromatic rings. The molecule has 0 aromatic heterocycles. The Morgan fingerprint density at radius 2 is 1.74 bits per heavy atom. The second-order valence-corrected chi connectivity index (χ2v) is 8.03. The zero-order valence-corrected chi connectivity index (χ0v) is 18.2. The number of rotatable bonds is 6. The molecule has 0 aliphatic carbocycles. The zero-order chi connectivity index (χ0) is 21.8. The average Bonchev–Trinajstić information content (AvgIpc) is 2.77. The SMILES string of the molecule is COc1ccc(NC(=O)CC2COc3cc(C)ccc3N2Cc2ccc(C)cc2)cc1. The molecule has 1 heterocycles. The van der Waals surface area contributed by atoms with Crippen molar-refractivity contribution in [1.29, 1.82) is 0 Å². The molecule has 5 nitrogen and oxygen atoms in total. The van der Waals surface area contributed by atoms with Gasteiger partial charge < -0.3 is 19.7 Å². The number of hydrogen-bond acceptors (Lipinski definition) is 4. The molecule has 1 aliphatic heterocycles. The second kappa shape index (κ2) is 9.13. The number of ether oxygens (including phenoxy) is 2. The van der Waals surface area contributed by atoms with Crippen molar-refractivity contribution >= 4 is 17.3 Å². The van der Waals surface area contributed by atoms with Crippen LogP contribution in [-0.2, 0) is 11.3 Å². The van der Waals surface area contributed by atoms with Gasteiger partial charge in [-0.2, -0.15) is 0 Å². The number of nitrogens with one attached hydrogen (secondary N) is 1. The number of anilines is 2. The fraction of sp³-hybridized carbons (Fsp3) is 0.269. The highest BCUT2D eigenvalue weighted by Crippen LogP contribution is 2.36. The van der Waals surface area contributed by atoms with Crippen LogP contribution < -0.4 is 19.7 Å². The van der Waals surface area contributed by atoms with Gasteiger partial charge in [0.05, 0.1) is 25.3 Å². The lowest BCUT2D eigenvalue weighted by Gasteiger charge is -2.38. The van der Waals surface area contributed by atoms with Crippen molar-refractivity contribution in [2.24, 2.45) is 0 Å². The van der Waals surface area contributed by atoms with Crippen molar-refractivity contribution < 1.29 is 14.3 Å². The van der Waals surface area contributed by atoms with Gasteiger partial charge in [0.15, 0.2) is 0 Å². The van der Waals surface area contributed by atoms with Crippen LogP contribution in [0.2, 0.25) is 0 Å². The molecule has 3 aromatic carbocycles. The molecule has 1 atom stereocenters. The van der Waals surface area contributed by atoms with E-state index >= 15 is 0 Å². The van der Waals surface area contributed by atoms with E-state index in [0.717, 1.165) is 35.0 Å². The summed E-state index contributed by atoms with van der Waals surface area (Å²) in [5.74, 6) is 1.59. The topological polar surface area (TPSA) is 50.8 Å². The summed E-state index contributed by atoms with van der Waals surface area (Å²) in [6.45, 7) is 5.34. The lowest BCUT2D eigenvalue weighted by molar-refractivity contribution is -0.116. The van der Waals surface area contributed by atoms with E-state index in [2.05, 4.69) is 66.5 Å². The maximum Gasteiger partial charge on any atom is 0.226 e. The summed E-state index contributed by atoms with van der Waals surface area (Å²) in [4.78, 5) is 15.1. The fourth-order valence-electron chi connectivity index (χ4n) is 3.82. The van der Waals surface area contributed by atoms with E-state index < -0.39 is 0 Å². The Morgan fingerprint density at radius 1 is 1.03 bits per heavy atom. The summed E-state index contributed by atoms with van der Waals surface area (Å²) in [5, 5.41) is 2.99. The van der Waals surface area contributed by atoms with Gasteiger partial charge >= 0.3 is 0 Å². The summed E-state index contributed by atoms with van der Waals surface area (Å²) in [6.07, 6.45) is 0.338. The van der Waals surface area contributed by atoms with Crippen molar-refractivity contribution in [1.82, 2.24) is 0 Å². The summed E-state index contributed by atoms with van der Waals surface area (Å²) in [5.41, 5.74) is 5.38. The van der Waals surface area contributed by atoms with Crippen LogP contribution in [0.4, 0.5) is 11.4 Å². The van der Waals surface area contributed by atoms with Gasteiger partial charge in [0.1, 0.15) is 18.1 Å². The van der Waals surface area contributed by atoms with E-state index in [-0.39, 0.29) is 11.9 Å². The molecule has 1 N–H and O–H groups in total. The van der Waals surface area contributed by atoms with Gasteiger partial charge in [-0.15, -0.1) is 0 Å². The Labute approximate surface area is 183 Å². The van der Waals surface area contributed by atoms with E-state index in [1.165, 1.54) is 11.1 Å². The molecule has 1 aliphatic rings. The van der Waals surface area contributed by atoms with Crippen molar-refractivity contribution in [2.75, 3.05) is 23.9 Å². The fourth-order valence-corrected chi connectivity index (χ4v) is 3.82. The predicted molar refractivity (Wildman–Crippen MR) is 124 cm³/mol. The van der Waals surface area contributed by atoms with Gasteiger partial charge in [0.2, 0.25) is 5.91 Å². The molecule has 1 amide bonds. The molecule has 160 valence electrons. The second-order valence-electron chi connectivity index (χ2n) is 8.03. The Morgan fingerprint density at radius 3 is 2.45 bits per heavy atom. The first-order chi connectivity index (χ1) is 15.0. The Balaban J connectivity index is 1.53. The van der Waals surface area contributed by atoms with E-state index in [9.17, 15) is 4.79 Å². The normalized spacial score (nSPS) is 15.1. The molecule has 4 rings (SSSR count). The van der Waals surface area contributed by atoms with E-state index in [0.29, 0.717) is 13.0 Å². The smallest absolute Gasteiger partial charge is 0.226 e. The largest absolute Gasteiger partial charge is 0.497 e. The molecule has 0 radical (unpaired) electrons. The molecular weight excluding hydrogens is 388 g/mol. The molecule has 0 saturated carbocycles. The quantitative estimate of drug-likeness (QED) is 0.607. The standard InChI is InChI=1S/C26H28N2O3/c1-18-4-7-20(8-5-18)16-28-22(17-31-25-14-19(2)6-13-24(25)28)15-26(29)27-21-9-11-23(30-3)12-10-21/h4-14,22H,15-17H2,1-3H3,(H,27,29). The van der Waals surface area contributed by atoms with Gasteiger partial charge in [-0.1, -0.05) is 35.9 Å². The van der Waals surface area contributed by atoms with Crippen LogP contribution in [0, 0.1) is 13.8 Å².